The molecule has 4 heterocycles. The number of piperidine rings is 3. The van der Waals surface area contributed by atoms with Crippen LogP contribution in [0.15, 0.2) is 59.5 Å². The molecule has 45 heavy (non-hydrogen) atoms. The molecular formula is C34H41ClN6O4. The van der Waals surface area contributed by atoms with Crippen molar-refractivity contribution in [3.05, 3.63) is 86.8 Å². The van der Waals surface area contributed by atoms with Crippen LogP contribution in [0.3, 0.4) is 0 Å². The zero-order valence-corrected chi connectivity index (χ0v) is 26.6. The van der Waals surface area contributed by atoms with E-state index in [1.165, 1.54) is 15.8 Å². The van der Waals surface area contributed by atoms with Gasteiger partial charge in [0.1, 0.15) is 16.9 Å². The maximum atomic E-state index is 12.2. The van der Waals surface area contributed by atoms with Gasteiger partial charge in [-0.15, -0.1) is 0 Å². The van der Waals surface area contributed by atoms with Crippen LogP contribution in [0.25, 0.3) is 0 Å². The number of carbonyl (C=O) groups excluding carboxylic acids is 2. The molecule has 11 heteroatoms. The summed E-state index contributed by atoms with van der Waals surface area (Å²) >= 11 is 6.31. The zero-order chi connectivity index (χ0) is 31.5. The molecule has 0 radical (unpaired) electrons. The Morgan fingerprint density at radius 1 is 0.956 bits per heavy atom. The second-order valence-corrected chi connectivity index (χ2v) is 13.1. The SMILES string of the molecule is CN1CC(Nc2cnn(C)c(=O)c2Cl)CC(c2ccc(CN3CCC(Oc4ccc(C5CCC(=O)NC5=O)cc4)CC3)cc2)C1. The van der Waals surface area contributed by atoms with Crippen molar-refractivity contribution in [2.75, 3.05) is 38.5 Å². The molecule has 2 N–H and O–H groups in total. The Balaban J connectivity index is 0.973. The van der Waals surface area contributed by atoms with Crippen molar-refractivity contribution in [1.82, 2.24) is 24.9 Å². The first-order valence-corrected chi connectivity index (χ1v) is 16.2. The Bertz CT molecular complexity index is 1570. The van der Waals surface area contributed by atoms with Crippen molar-refractivity contribution < 1.29 is 14.3 Å². The van der Waals surface area contributed by atoms with Gasteiger partial charge in [0.05, 0.1) is 17.8 Å². The minimum atomic E-state index is -0.298. The molecule has 3 aliphatic heterocycles. The fraction of sp³-hybridized carbons (Fsp3) is 0.471. The van der Waals surface area contributed by atoms with Crippen molar-refractivity contribution >= 4 is 29.1 Å². The third kappa shape index (κ3) is 7.57. The number of anilines is 1. The number of ether oxygens (including phenoxy) is 1. The summed E-state index contributed by atoms with van der Waals surface area (Å²) in [4.78, 5) is 40.6. The van der Waals surface area contributed by atoms with Gasteiger partial charge in [-0.05, 0) is 67.5 Å². The maximum Gasteiger partial charge on any atom is 0.287 e. The molecule has 3 fully saturated rings. The minimum absolute atomic E-state index is 0.159. The number of hydrogen-bond acceptors (Lipinski definition) is 8. The highest BCUT2D eigenvalue weighted by atomic mass is 35.5. The maximum absolute atomic E-state index is 12.2. The van der Waals surface area contributed by atoms with Gasteiger partial charge in [0.15, 0.2) is 0 Å². The van der Waals surface area contributed by atoms with Gasteiger partial charge in [-0.3, -0.25) is 24.6 Å². The summed E-state index contributed by atoms with van der Waals surface area (Å²) in [7, 11) is 3.72. The number of imide groups is 1. The second-order valence-electron chi connectivity index (χ2n) is 12.7. The number of carbonyl (C=O) groups is 2. The third-order valence-electron chi connectivity index (χ3n) is 9.29. The standard InChI is InChI=1S/C34H41ClN6O4/c1-39-20-25(17-26(21-39)37-30-18-36-40(2)34(44)32(30)35)23-5-3-22(4-6-23)19-41-15-13-28(14-16-41)45-27-9-7-24(8-10-27)29-11-12-31(42)38-33(29)43/h3-10,18,25-26,28-29,37H,11-17,19-21H2,1-2H3,(H,38,42,43). The summed E-state index contributed by atoms with van der Waals surface area (Å²) in [6.45, 7) is 4.71. The lowest BCUT2D eigenvalue weighted by Gasteiger charge is -2.37. The van der Waals surface area contributed by atoms with E-state index in [1.54, 1.807) is 13.2 Å². The molecule has 0 aliphatic carbocycles. The van der Waals surface area contributed by atoms with Crippen LogP contribution < -0.4 is 20.9 Å². The molecule has 6 rings (SSSR count). The Hall–Kier alpha value is -3.73. The number of hydrogen-bond donors (Lipinski definition) is 2. The number of nitrogens with one attached hydrogen (secondary N) is 2. The molecule has 10 nitrogen and oxygen atoms in total. The quantitative estimate of drug-likeness (QED) is 0.360. The summed E-state index contributed by atoms with van der Waals surface area (Å²) < 4.78 is 7.52. The number of likely N-dealkylation sites (N-methyl/N-ethyl adjacent to an activating group) is 1. The number of likely N-dealkylation sites (tertiary alicyclic amines) is 2. The van der Waals surface area contributed by atoms with E-state index in [9.17, 15) is 14.4 Å². The monoisotopic (exact) mass is 632 g/mol. The van der Waals surface area contributed by atoms with Crippen LogP contribution in [0.1, 0.15) is 60.6 Å². The Labute approximate surface area is 268 Å². The topological polar surface area (TPSA) is 109 Å². The molecule has 0 spiro atoms. The molecule has 0 saturated carbocycles. The predicted octanol–water partition coefficient (Wildman–Crippen LogP) is 3.90. The van der Waals surface area contributed by atoms with E-state index < -0.39 is 0 Å². The van der Waals surface area contributed by atoms with E-state index in [2.05, 4.69) is 56.8 Å². The van der Waals surface area contributed by atoms with E-state index >= 15 is 0 Å². The Morgan fingerprint density at radius 3 is 2.38 bits per heavy atom. The van der Waals surface area contributed by atoms with Crippen LogP contribution in [0.4, 0.5) is 5.69 Å². The van der Waals surface area contributed by atoms with E-state index in [4.69, 9.17) is 16.3 Å². The summed E-state index contributed by atoms with van der Waals surface area (Å²) in [6.07, 6.45) is 5.59. The Kier molecular flexibility index (Phi) is 9.53. The fourth-order valence-corrected chi connectivity index (χ4v) is 7.04. The van der Waals surface area contributed by atoms with Crippen LogP contribution in [0.5, 0.6) is 5.75 Å². The van der Waals surface area contributed by atoms with Crippen molar-refractivity contribution in [3.63, 3.8) is 0 Å². The molecule has 2 aromatic carbocycles. The first-order valence-electron chi connectivity index (χ1n) is 15.8. The van der Waals surface area contributed by atoms with Gasteiger partial charge in [0.2, 0.25) is 11.8 Å². The van der Waals surface area contributed by atoms with Crippen molar-refractivity contribution in [2.45, 2.75) is 62.6 Å². The number of benzene rings is 2. The lowest BCUT2D eigenvalue weighted by atomic mass is 9.87. The summed E-state index contributed by atoms with van der Waals surface area (Å²) in [5, 5.41) is 10.2. The largest absolute Gasteiger partial charge is 0.490 e. The van der Waals surface area contributed by atoms with E-state index in [-0.39, 0.29) is 40.5 Å². The number of aromatic nitrogens is 2. The average Bonchev–Trinajstić information content (AvgIpc) is 3.03. The molecule has 3 atom stereocenters. The van der Waals surface area contributed by atoms with Gasteiger partial charge in [-0.25, -0.2) is 4.68 Å². The van der Waals surface area contributed by atoms with Crippen molar-refractivity contribution in [2.24, 2.45) is 7.05 Å². The van der Waals surface area contributed by atoms with Crippen LogP contribution >= 0.6 is 11.6 Å². The number of nitrogens with zero attached hydrogens (tertiary/aromatic N) is 4. The second kappa shape index (κ2) is 13.7. The van der Waals surface area contributed by atoms with Gasteiger partial charge in [-0.1, -0.05) is 48.0 Å². The number of halogens is 1. The normalized spacial score (nSPS) is 23.5. The number of amides is 2. The van der Waals surface area contributed by atoms with E-state index in [1.807, 2.05) is 24.3 Å². The van der Waals surface area contributed by atoms with E-state index in [0.29, 0.717) is 24.4 Å². The van der Waals surface area contributed by atoms with Crippen molar-refractivity contribution in [3.8, 4) is 5.75 Å². The molecule has 238 valence electrons. The molecule has 3 unspecified atom stereocenters. The van der Waals surface area contributed by atoms with E-state index in [0.717, 1.165) is 63.3 Å². The first kappa shape index (κ1) is 31.3. The Morgan fingerprint density at radius 2 is 1.67 bits per heavy atom. The zero-order valence-electron chi connectivity index (χ0n) is 25.9. The van der Waals surface area contributed by atoms with Gasteiger partial charge >= 0.3 is 0 Å². The molecule has 2 amide bonds. The highest BCUT2D eigenvalue weighted by molar-refractivity contribution is 6.32. The van der Waals surface area contributed by atoms with Gasteiger partial charge in [-0.2, -0.15) is 5.10 Å². The molecule has 1 aromatic heterocycles. The lowest BCUT2D eigenvalue weighted by molar-refractivity contribution is -0.134. The van der Waals surface area contributed by atoms with Crippen LogP contribution in [-0.4, -0.2) is 76.8 Å². The average molecular weight is 633 g/mol. The smallest absolute Gasteiger partial charge is 0.287 e. The first-order chi connectivity index (χ1) is 21.7. The highest BCUT2D eigenvalue weighted by Crippen LogP contribution is 2.30. The molecule has 3 aliphatic rings. The summed E-state index contributed by atoms with van der Waals surface area (Å²) in [5.41, 5.74) is 3.84. The van der Waals surface area contributed by atoms with Crippen LogP contribution in [-0.2, 0) is 23.2 Å². The summed E-state index contributed by atoms with van der Waals surface area (Å²) in [5.74, 6) is 0.506. The lowest BCUT2D eigenvalue weighted by Crippen LogP contribution is -2.43. The highest BCUT2D eigenvalue weighted by Gasteiger charge is 2.29. The van der Waals surface area contributed by atoms with Gasteiger partial charge < -0.3 is 15.0 Å². The summed E-state index contributed by atoms with van der Waals surface area (Å²) in [6, 6.07) is 16.9. The molecule has 3 aromatic rings. The van der Waals surface area contributed by atoms with Gasteiger partial charge in [0, 0.05) is 52.2 Å². The number of rotatable bonds is 8. The molecular weight excluding hydrogens is 592 g/mol. The molecule has 3 saturated heterocycles. The third-order valence-corrected chi connectivity index (χ3v) is 9.65. The van der Waals surface area contributed by atoms with Crippen molar-refractivity contribution in [1.29, 1.82) is 0 Å². The minimum Gasteiger partial charge on any atom is -0.490 e. The molecule has 0 bridgehead atoms. The number of aryl methyl sites for hydroxylation is 1. The van der Waals surface area contributed by atoms with Crippen LogP contribution in [0.2, 0.25) is 5.02 Å². The van der Waals surface area contributed by atoms with Crippen LogP contribution in [0, 0.1) is 0 Å². The van der Waals surface area contributed by atoms with Gasteiger partial charge in [0.25, 0.3) is 5.56 Å². The predicted molar refractivity (Wildman–Crippen MR) is 174 cm³/mol. The fourth-order valence-electron chi connectivity index (χ4n) is 6.82.